The lowest BCUT2D eigenvalue weighted by atomic mass is 9.96. The van der Waals surface area contributed by atoms with E-state index >= 15 is 0 Å². The number of aliphatic hydroxyl groups excluding tert-OH is 3. The van der Waals surface area contributed by atoms with E-state index in [2.05, 4.69) is 10.6 Å². The molecule has 1 fully saturated rings. The second kappa shape index (κ2) is 6.86. The van der Waals surface area contributed by atoms with Crippen LogP contribution in [-0.2, 0) is 9.53 Å². The molecule has 1 aliphatic heterocycles. The Morgan fingerprint density at radius 2 is 1.90 bits per heavy atom. The predicted octanol–water partition coefficient (Wildman–Crippen LogP) is -0.958. The Morgan fingerprint density at radius 3 is 2.48 bits per heavy atom. The fraction of sp³-hybridized carbons (Fsp3) is 0.500. The van der Waals surface area contributed by atoms with E-state index in [0.717, 1.165) is 5.69 Å². The van der Waals surface area contributed by atoms with Crippen molar-refractivity contribution >= 4 is 11.6 Å². The topological polar surface area (TPSA) is 111 Å². The number of hydrogen-bond acceptors (Lipinski definition) is 6. The molecule has 1 saturated heterocycles. The van der Waals surface area contributed by atoms with Crippen LogP contribution in [0, 0.1) is 0 Å². The summed E-state index contributed by atoms with van der Waals surface area (Å²) in [5.41, 5.74) is 0.734. The van der Waals surface area contributed by atoms with Gasteiger partial charge in [-0.3, -0.25) is 4.79 Å². The molecule has 116 valence electrons. The van der Waals surface area contributed by atoms with Crippen LogP contribution in [0.1, 0.15) is 6.92 Å². The Bertz CT molecular complexity index is 470. The number of carbonyl (C=O) groups is 1. The van der Waals surface area contributed by atoms with Gasteiger partial charge < -0.3 is 30.7 Å². The number of carbonyl (C=O) groups excluding carboxylic acids is 1. The summed E-state index contributed by atoms with van der Waals surface area (Å²) < 4.78 is 5.55. The number of nitrogens with one attached hydrogen (secondary N) is 2. The summed E-state index contributed by atoms with van der Waals surface area (Å²) in [6.45, 7) is 0.884. The van der Waals surface area contributed by atoms with Crippen molar-refractivity contribution in [3.05, 3.63) is 30.3 Å². The molecule has 0 radical (unpaired) electrons. The fourth-order valence-corrected chi connectivity index (χ4v) is 2.33. The van der Waals surface area contributed by atoms with Gasteiger partial charge in [-0.15, -0.1) is 0 Å². The maximum Gasteiger partial charge on any atom is 0.217 e. The van der Waals surface area contributed by atoms with E-state index in [1.807, 2.05) is 18.2 Å². The molecule has 0 saturated carbocycles. The second-order valence-corrected chi connectivity index (χ2v) is 5.00. The molecule has 0 unspecified atom stereocenters. The highest BCUT2D eigenvalue weighted by Gasteiger charge is 2.44. The first-order valence-corrected chi connectivity index (χ1v) is 6.74. The van der Waals surface area contributed by atoms with Gasteiger partial charge in [0, 0.05) is 12.6 Å². The van der Waals surface area contributed by atoms with Gasteiger partial charge in [-0.25, -0.2) is 0 Å². The molecular weight excluding hydrogens is 276 g/mol. The van der Waals surface area contributed by atoms with Crippen molar-refractivity contribution in [1.82, 2.24) is 5.32 Å². The molecule has 7 heteroatoms. The highest BCUT2D eigenvalue weighted by atomic mass is 16.5. The molecule has 1 amide bonds. The van der Waals surface area contributed by atoms with Gasteiger partial charge in [-0.2, -0.15) is 0 Å². The number of para-hydroxylation sites is 1. The Balaban J connectivity index is 2.18. The Labute approximate surface area is 122 Å². The van der Waals surface area contributed by atoms with Crippen molar-refractivity contribution in [2.75, 3.05) is 11.9 Å². The van der Waals surface area contributed by atoms with Crippen molar-refractivity contribution in [1.29, 1.82) is 0 Å². The van der Waals surface area contributed by atoms with Gasteiger partial charge in [-0.05, 0) is 12.1 Å². The first-order valence-electron chi connectivity index (χ1n) is 6.74. The molecular formula is C14H20N2O5. The minimum Gasteiger partial charge on any atom is -0.394 e. The number of benzene rings is 1. The third kappa shape index (κ3) is 3.70. The Morgan fingerprint density at radius 1 is 1.24 bits per heavy atom. The van der Waals surface area contributed by atoms with Crippen LogP contribution in [0.15, 0.2) is 30.3 Å². The highest BCUT2D eigenvalue weighted by molar-refractivity contribution is 5.73. The molecule has 0 aliphatic carbocycles. The number of rotatable bonds is 4. The third-order valence-electron chi connectivity index (χ3n) is 3.38. The molecule has 1 heterocycles. The molecule has 1 aliphatic rings. The van der Waals surface area contributed by atoms with E-state index in [4.69, 9.17) is 4.74 Å². The van der Waals surface area contributed by atoms with E-state index < -0.39 is 37.2 Å². The Hall–Kier alpha value is -1.67. The summed E-state index contributed by atoms with van der Waals surface area (Å²) in [7, 11) is 0. The maximum absolute atomic E-state index is 11.3. The van der Waals surface area contributed by atoms with E-state index in [0.29, 0.717) is 0 Å². The van der Waals surface area contributed by atoms with Crippen molar-refractivity contribution in [2.45, 2.75) is 37.5 Å². The van der Waals surface area contributed by atoms with Crippen LogP contribution in [0.25, 0.3) is 0 Å². The normalized spacial score (nSPS) is 32.5. The molecule has 21 heavy (non-hydrogen) atoms. The molecule has 5 atom stereocenters. The fourth-order valence-electron chi connectivity index (χ4n) is 2.33. The van der Waals surface area contributed by atoms with Crippen molar-refractivity contribution in [2.24, 2.45) is 0 Å². The first kappa shape index (κ1) is 15.7. The van der Waals surface area contributed by atoms with Crippen molar-refractivity contribution in [3.63, 3.8) is 0 Å². The van der Waals surface area contributed by atoms with Crippen LogP contribution in [-0.4, -0.2) is 58.4 Å². The average Bonchev–Trinajstić information content (AvgIpc) is 2.47. The van der Waals surface area contributed by atoms with Gasteiger partial charge in [0.2, 0.25) is 5.91 Å². The van der Waals surface area contributed by atoms with Crippen LogP contribution in [0.2, 0.25) is 0 Å². The van der Waals surface area contributed by atoms with Gasteiger partial charge in [-0.1, -0.05) is 18.2 Å². The quantitative estimate of drug-likeness (QED) is 0.489. The van der Waals surface area contributed by atoms with E-state index in [1.165, 1.54) is 6.92 Å². The summed E-state index contributed by atoms with van der Waals surface area (Å²) >= 11 is 0. The third-order valence-corrected chi connectivity index (χ3v) is 3.38. The summed E-state index contributed by atoms with van der Waals surface area (Å²) in [5.74, 6) is -0.350. The monoisotopic (exact) mass is 296 g/mol. The number of aliphatic hydroxyl groups is 3. The van der Waals surface area contributed by atoms with E-state index in [1.54, 1.807) is 12.1 Å². The average molecular weight is 296 g/mol. The minimum atomic E-state index is -1.28. The van der Waals surface area contributed by atoms with Crippen LogP contribution < -0.4 is 10.6 Å². The standard InChI is InChI=1S/C14H20N2O5/c1-8(18)15-11-13(20)12(19)10(7-17)21-14(11)16-9-5-3-2-4-6-9/h2-6,10-14,16-17,19-20H,7H2,1H3,(H,15,18)/t10-,11-,12-,13-,14-/m1/s1. The predicted molar refractivity (Wildman–Crippen MR) is 75.4 cm³/mol. The van der Waals surface area contributed by atoms with Gasteiger partial charge >= 0.3 is 0 Å². The molecule has 1 aromatic carbocycles. The summed E-state index contributed by atoms with van der Waals surface area (Å²) in [5, 5.41) is 34.8. The number of anilines is 1. The smallest absolute Gasteiger partial charge is 0.217 e. The zero-order valence-electron chi connectivity index (χ0n) is 11.6. The highest BCUT2D eigenvalue weighted by Crippen LogP contribution is 2.22. The van der Waals surface area contributed by atoms with Gasteiger partial charge in [0.1, 0.15) is 24.4 Å². The summed E-state index contributed by atoms with van der Waals surface area (Å²) in [6, 6.07) is 8.29. The molecule has 1 aromatic rings. The maximum atomic E-state index is 11.3. The number of hydrogen-bond donors (Lipinski definition) is 5. The van der Waals surface area contributed by atoms with E-state index in [-0.39, 0.29) is 5.91 Å². The molecule has 2 rings (SSSR count). The number of ether oxygens (including phenoxy) is 1. The molecule has 5 N–H and O–H groups in total. The summed E-state index contributed by atoms with van der Waals surface area (Å²) in [6.07, 6.45) is -4.22. The lowest BCUT2D eigenvalue weighted by Crippen LogP contribution is -2.65. The molecule has 0 spiro atoms. The van der Waals surface area contributed by atoms with Crippen LogP contribution in [0.4, 0.5) is 5.69 Å². The van der Waals surface area contributed by atoms with E-state index in [9.17, 15) is 20.1 Å². The van der Waals surface area contributed by atoms with Crippen LogP contribution >= 0.6 is 0 Å². The second-order valence-electron chi connectivity index (χ2n) is 5.00. The van der Waals surface area contributed by atoms with Gasteiger partial charge in [0.15, 0.2) is 6.23 Å². The van der Waals surface area contributed by atoms with Crippen molar-refractivity contribution < 1.29 is 24.9 Å². The minimum absolute atomic E-state index is 0.350. The number of amides is 1. The molecule has 0 aromatic heterocycles. The van der Waals surface area contributed by atoms with Gasteiger partial charge in [0.25, 0.3) is 0 Å². The molecule has 0 bridgehead atoms. The summed E-state index contributed by atoms with van der Waals surface area (Å²) in [4.78, 5) is 11.3. The lowest BCUT2D eigenvalue weighted by molar-refractivity contribution is -0.188. The van der Waals surface area contributed by atoms with Crippen molar-refractivity contribution in [3.8, 4) is 0 Å². The molecule has 7 nitrogen and oxygen atoms in total. The lowest BCUT2D eigenvalue weighted by Gasteiger charge is -2.43. The van der Waals surface area contributed by atoms with Crippen LogP contribution in [0.5, 0.6) is 0 Å². The zero-order chi connectivity index (χ0) is 15.4. The Kier molecular flexibility index (Phi) is 5.13. The SMILES string of the molecule is CC(=O)N[C@@H]1[C@@H](O)[C@H](O)[C@@H](CO)O[C@H]1Nc1ccccc1. The first-order chi connectivity index (χ1) is 10.0. The largest absolute Gasteiger partial charge is 0.394 e. The zero-order valence-corrected chi connectivity index (χ0v) is 11.6. The van der Waals surface area contributed by atoms with Gasteiger partial charge in [0.05, 0.1) is 6.61 Å². The van der Waals surface area contributed by atoms with Crippen LogP contribution in [0.3, 0.4) is 0 Å².